The Kier molecular flexibility index (Phi) is 3.78. The first-order chi connectivity index (χ1) is 10.5. The average molecular weight is 324 g/mol. The zero-order valence-corrected chi connectivity index (χ0v) is 12.3. The van der Waals surface area contributed by atoms with Crippen molar-refractivity contribution in [2.45, 2.75) is 18.0 Å². The summed E-state index contributed by atoms with van der Waals surface area (Å²) < 4.78 is 39.3. The lowest BCUT2D eigenvalue weighted by molar-refractivity contribution is -0.137. The van der Waals surface area contributed by atoms with E-state index in [0.29, 0.717) is 17.2 Å². The van der Waals surface area contributed by atoms with Gasteiger partial charge in [0.1, 0.15) is 5.69 Å². The third-order valence-electron chi connectivity index (χ3n) is 2.94. The second-order valence-corrected chi connectivity index (χ2v) is 5.74. The van der Waals surface area contributed by atoms with Gasteiger partial charge in [-0.25, -0.2) is 9.50 Å². The quantitative estimate of drug-likeness (QED) is 0.685. The van der Waals surface area contributed by atoms with Crippen molar-refractivity contribution in [2.75, 3.05) is 5.75 Å². The van der Waals surface area contributed by atoms with E-state index in [0.717, 1.165) is 27.4 Å². The number of fused-ring (bicyclic) bond motifs is 1. The van der Waals surface area contributed by atoms with Crippen molar-refractivity contribution in [1.29, 1.82) is 0 Å². The first kappa shape index (κ1) is 14.8. The summed E-state index contributed by atoms with van der Waals surface area (Å²) in [6.45, 7) is 2.01. The van der Waals surface area contributed by atoms with Crippen LogP contribution >= 0.6 is 11.8 Å². The van der Waals surface area contributed by atoms with E-state index in [1.807, 2.05) is 13.0 Å². The summed E-state index contributed by atoms with van der Waals surface area (Å²) in [5, 5.41) is 4.13. The van der Waals surface area contributed by atoms with Crippen molar-refractivity contribution in [3.8, 4) is 11.5 Å². The Bertz CT molecular complexity index is 813. The molecule has 0 radical (unpaired) electrons. The summed E-state index contributed by atoms with van der Waals surface area (Å²) in [5.74, 6) is 1.17. The Morgan fingerprint density at radius 3 is 2.77 bits per heavy atom. The molecule has 0 spiro atoms. The van der Waals surface area contributed by atoms with E-state index in [9.17, 15) is 13.2 Å². The average Bonchev–Trinajstić information content (AvgIpc) is 2.90. The maximum Gasteiger partial charge on any atom is 0.417 e. The maximum absolute atomic E-state index is 12.7. The number of halogens is 3. The fourth-order valence-electron chi connectivity index (χ4n) is 1.98. The molecule has 0 saturated heterocycles. The summed E-state index contributed by atoms with van der Waals surface area (Å²) in [5.41, 5.74) is 0.160. The molecule has 3 heterocycles. The van der Waals surface area contributed by atoms with Gasteiger partial charge in [-0.15, -0.1) is 16.9 Å². The summed E-state index contributed by atoms with van der Waals surface area (Å²) >= 11 is 1.58. The molecule has 0 N–H and O–H groups in total. The number of rotatable bonds is 3. The van der Waals surface area contributed by atoms with Crippen LogP contribution in [0.5, 0.6) is 0 Å². The van der Waals surface area contributed by atoms with Gasteiger partial charge in [-0.2, -0.15) is 13.2 Å². The molecule has 0 aliphatic carbocycles. The normalized spacial score (nSPS) is 12.0. The van der Waals surface area contributed by atoms with Crippen molar-refractivity contribution in [1.82, 2.24) is 19.6 Å². The van der Waals surface area contributed by atoms with Crippen LogP contribution in [-0.4, -0.2) is 25.3 Å². The van der Waals surface area contributed by atoms with Gasteiger partial charge in [0.15, 0.2) is 5.65 Å². The zero-order valence-electron chi connectivity index (χ0n) is 11.5. The van der Waals surface area contributed by atoms with Gasteiger partial charge in [-0.05, 0) is 30.0 Å². The van der Waals surface area contributed by atoms with Crippen molar-refractivity contribution in [2.24, 2.45) is 0 Å². The number of aromatic nitrogens is 4. The fourth-order valence-corrected chi connectivity index (χ4v) is 2.75. The second-order valence-electron chi connectivity index (χ2n) is 4.44. The minimum atomic E-state index is -4.41. The molecule has 0 aliphatic rings. The number of alkyl halides is 3. The highest BCUT2D eigenvalue weighted by Gasteiger charge is 2.31. The van der Waals surface area contributed by atoms with Crippen LogP contribution in [0.2, 0.25) is 0 Å². The summed E-state index contributed by atoms with van der Waals surface area (Å²) in [7, 11) is 0. The smallest absolute Gasteiger partial charge is 0.252 e. The summed E-state index contributed by atoms with van der Waals surface area (Å²) in [6.07, 6.45) is -1.86. The first-order valence-electron chi connectivity index (χ1n) is 6.51. The molecule has 0 bridgehead atoms. The third-order valence-corrected chi connectivity index (χ3v) is 3.87. The molecule has 3 aromatic heterocycles. The number of hydrogen-bond acceptors (Lipinski definition) is 4. The van der Waals surface area contributed by atoms with Crippen LogP contribution in [0.15, 0.2) is 41.6 Å². The van der Waals surface area contributed by atoms with Crippen LogP contribution in [0.25, 0.3) is 17.2 Å². The van der Waals surface area contributed by atoms with Gasteiger partial charge in [0.2, 0.25) is 5.82 Å². The predicted octanol–water partition coefficient (Wildman–Crippen LogP) is 3.92. The van der Waals surface area contributed by atoms with E-state index >= 15 is 0 Å². The highest BCUT2D eigenvalue weighted by Crippen LogP contribution is 2.30. The standard InChI is InChI=1S/C14H11F3N4S/c1-2-22-10-4-3-7-18-12(10)13-19-11-6-5-9(14(15,16)17)8-21(11)20-13/h3-8H,2H2,1H3. The Labute approximate surface area is 128 Å². The third kappa shape index (κ3) is 2.78. The molecule has 0 atom stereocenters. The number of nitrogens with zero attached hydrogens (tertiary/aromatic N) is 4. The Balaban J connectivity index is 2.09. The first-order valence-corrected chi connectivity index (χ1v) is 7.49. The Hall–Kier alpha value is -2.09. The predicted molar refractivity (Wildman–Crippen MR) is 77.6 cm³/mol. The second kappa shape index (κ2) is 5.60. The Morgan fingerprint density at radius 2 is 2.05 bits per heavy atom. The van der Waals surface area contributed by atoms with Crippen LogP contribution in [0.3, 0.4) is 0 Å². The van der Waals surface area contributed by atoms with E-state index in [4.69, 9.17) is 0 Å². The molecule has 3 rings (SSSR count). The van der Waals surface area contributed by atoms with Crippen LogP contribution in [0, 0.1) is 0 Å². The highest BCUT2D eigenvalue weighted by atomic mass is 32.2. The minimum Gasteiger partial charge on any atom is -0.252 e. The van der Waals surface area contributed by atoms with Crippen molar-refractivity contribution in [3.05, 3.63) is 42.2 Å². The lowest BCUT2D eigenvalue weighted by Crippen LogP contribution is -2.06. The topological polar surface area (TPSA) is 43.1 Å². The van der Waals surface area contributed by atoms with E-state index in [1.165, 1.54) is 6.07 Å². The SMILES string of the molecule is CCSc1cccnc1-c1nc2ccc(C(F)(F)F)cn2n1. The van der Waals surface area contributed by atoms with E-state index < -0.39 is 11.7 Å². The molecule has 0 amide bonds. The molecule has 0 aliphatic heterocycles. The van der Waals surface area contributed by atoms with E-state index in [-0.39, 0.29) is 0 Å². The van der Waals surface area contributed by atoms with Crippen molar-refractivity contribution >= 4 is 17.4 Å². The molecule has 22 heavy (non-hydrogen) atoms. The minimum absolute atomic E-state index is 0.316. The van der Waals surface area contributed by atoms with Gasteiger partial charge < -0.3 is 0 Å². The summed E-state index contributed by atoms with van der Waals surface area (Å²) in [4.78, 5) is 9.41. The number of hydrogen-bond donors (Lipinski definition) is 0. The van der Waals surface area contributed by atoms with Crippen molar-refractivity contribution in [3.63, 3.8) is 0 Å². The molecule has 0 aromatic carbocycles. The molecule has 3 aromatic rings. The van der Waals surface area contributed by atoms with Crippen LogP contribution in [-0.2, 0) is 6.18 Å². The van der Waals surface area contributed by atoms with Gasteiger partial charge >= 0.3 is 6.18 Å². The van der Waals surface area contributed by atoms with Gasteiger partial charge in [0.25, 0.3) is 0 Å². The summed E-state index contributed by atoms with van der Waals surface area (Å²) in [6, 6.07) is 5.99. The lowest BCUT2D eigenvalue weighted by Gasteiger charge is -2.05. The molecular weight excluding hydrogens is 313 g/mol. The number of thioether (sulfide) groups is 1. The molecule has 0 unspecified atom stereocenters. The van der Waals surface area contributed by atoms with Crippen molar-refractivity contribution < 1.29 is 13.2 Å². The largest absolute Gasteiger partial charge is 0.417 e. The molecular formula is C14H11F3N4S. The van der Waals surface area contributed by atoms with E-state index in [1.54, 1.807) is 24.0 Å². The van der Waals surface area contributed by atoms with Gasteiger partial charge in [-0.1, -0.05) is 6.92 Å². The van der Waals surface area contributed by atoms with E-state index in [2.05, 4.69) is 15.1 Å². The van der Waals surface area contributed by atoms with Gasteiger partial charge in [-0.3, -0.25) is 4.98 Å². The monoisotopic (exact) mass is 324 g/mol. The zero-order chi connectivity index (χ0) is 15.7. The molecule has 114 valence electrons. The number of pyridine rings is 2. The fraction of sp³-hybridized carbons (Fsp3) is 0.214. The molecule has 4 nitrogen and oxygen atoms in total. The van der Waals surface area contributed by atoms with Crippen LogP contribution < -0.4 is 0 Å². The Morgan fingerprint density at radius 1 is 1.23 bits per heavy atom. The molecule has 8 heteroatoms. The molecule has 0 saturated carbocycles. The molecule has 0 fully saturated rings. The lowest BCUT2D eigenvalue weighted by atomic mass is 10.3. The van der Waals surface area contributed by atoms with Gasteiger partial charge in [0.05, 0.1) is 5.56 Å². The van der Waals surface area contributed by atoms with Crippen LogP contribution in [0.1, 0.15) is 12.5 Å². The van der Waals surface area contributed by atoms with Gasteiger partial charge in [0, 0.05) is 17.3 Å². The highest BCUT2D eigenvalue weighted by molar-refractivity contribution is 7.99. The van der Waals surface area contributed by atoms with Crippen LogP contribution in [0.4, 0.5) is 13.2 Å². The maximum atomic E-state index is 12.7.